The van der Waals surface area contributed by atoms with Gasteiger partial charge in [-0.15, -0.1) is 0 Å². The predicted molar refractivity (Wildman–Crippen MR) is 101 cm³/mol. The van der Waals surface area contributed by atoms with E-state index < -0.39 is 21.8 Å². The largest absolute Gasteiger partial charge is 0.487 e. The van der Waals surface area contributed by atoms with Crippen LogP contribution in [-0.2, 0) is 16.2 Å². The molecule has 0 saturated carbocycles. The number of nitrogens with zero attached hydrogens (tertiary/aromatic N) is 2. The normalized spacial score (nSPS) is 18.2. The zero-order chi connectivity index (χ0) is 20.6. The number of rotatable bonds is 4. The number of sulfonamides is 1. The first-order valence-corrected chi connectivity index (χ1v) is 10.4. The Labute approximate surface area is 165 Å². The van der Waals surface area contributed by atoms with E-state index in [9.17, 15) is 21.6 Å². The average Bonchev–Trinajstić information content (AvgIpc) is 3.17. The van der Waals surface area contributed by atoms with Gasteiger partial charge >= 0.3 is 6.18 Å². The second-order valence-electron chi connectivity index (χ2n) is 6.74. The van der Waals surface area contributed by atoms with Crippen LogP contribution in [0.1, 0.15) is 12.0 Å². The molecule has 4 rings (SSSR count). The van der Waals surface area contributed by atoms with Gasteiger partial charge in [-0.1, -0.05) is 18.2 Å². The fourth-order valence-corrected chi connectivity index (χ4v) is 4.81. The predicted octanol–water partition coefficient (Wildman–Crippen LogP) is 4.10. The van der Waals surface area contributed by atoms with E-state index in [1.54, 1.807) is 12.3 Å². The maximum Gasteiger partial charge on any atom is 0.416 e. The third-order valence-electron chi connectivity index (χ3n) is 4.82. The molecule has 9 heteroatoms. The van der Waals surface area contributed by atoms with Crippen molar-refractivity contribution < 1.29 is 26.3 Å². The van der Waals surface area contributed by atoms with Crippen molar-refractivity contribution in [1.82, 2.24) is 9.29 Å². The minimum Gasteiger partial charge on any atom is -0.487 e. The molecule has 0 aliphatic carbocycles. The molecule has 0 bridgehead atoms. The lowest BCUT2D eigenvalue weighted by atomic mass is 10.2. The average molecular weight is 422 g/mol. The first-order chi connectivity index (χ1) is 13.7. The molecule has 0 spiro atoms. The quantitative estimate of drug-likeness (QED) is 0.635. The second-order valence-corrected chi connectivity index (χ2v) is 8.68. The molecular weight excluding hydrogens is 405 g/mol. The summed E-state index contributed by atoms with van der Waals surface area (Å²) in [6.07, 6.45) is -2.75. The van der Waals surface area contributed by atoms with E-state index in [4.69, 9.17) is 4.74 Å². The number of hydrogen-bond donors (Lipinski definition) is 0. The zero-order valence-corrected chi connectivity index (χ0v) is 15.9. The van der Waals surface area contributed by atoms with Crippen molar-refractivity contribution >= 4 is 20.9 Å². The maximum atomic E-state index is 12.8. The fourth-order valence-electron chi connectivity index (χ4n) is 3.33. The van der Waals surface area contributed by atoms with Crippen molar-refractivity contribution in [3.05, 3.63) is 66.4 Å². The van der Waals surface area contributed by atoms with E-state index in [-0.39, 0.29) is 24.1 Å². The van der Waals surface area contributed by atoms with Crippen molar-refractivity contribution in [2.24, 2.45) is 0 Å². The molecule has 1 fully saturated rings. The molecule has 152 valence electrons. The lowest BCUT2D eigenvalue weighted by Crippen LogP contribution is -2.31. The Morgan fingerprint density at radius 1 is 1.03 bits per heavy atom. The highest BCUT2D eigenvalue weighted by molar-refractivity contribution is 7.89. The molecule has 2 heterocycles. The molecule has 0 radical (unpaired) electrons. The number of para-hydroxylation sites is 1. The van der Waals surface area contributed by atoms with Gasteiger partial charge in [0.2, 0.25) is 10.0 Å². The summed E-state index contributed by atoms with van der Waals surface area (Å²) in [7, 11) is -3.90. The van der Waals surface area contributed by atoms with Crippen molar-refractivity contribution in [2.75, 3.05) is 13.1 Å². The Kier molecular flexibility index (Phi) is 4.95. The fraction of sp³-hybridized carbons (Fsp3) is 0.250. The van der Waals surface area contributed by atoms with E-state index >= 15 is 0 Å². The van der Waals surface area contributed by atoms with Crippen LogP contribution in [0.25, 0.3) is 10.9 Å². The van der Waals surface area contributed by atoms with E-state index in [0.717, 1.165) is 29.7 Å². The van der Waals surface area contributed by atoms with Crippen LogP contribution in [0.5, 0.6) is 5.75 Å². The topological polar surface area (TPSA) is 59.5 Å². The zero-order valence-electron chi connectivity index (χ0n) is 15.1. The molecule has 1 aromatic heterocycles. The molecule has 1 saturated heterocycles. The van der Waals surface area contributed by atoms with E-state index in [0.29, 0.717) is 17.7 Å². The van der Waals surface area contributed by atoms with Gasteiger partial charge in [-0.3, -0.25) is 4.98 Å². The molecule has 2 aromatic carbocycles. The third kappa shape index (κ3) is 3.92. The highest BCUT2D eigenvalue weighted by Gasteiger charge is 2.35. The van der Waals surface area contributed by atoms with Gasteiger partial charge in [0, 0.05) is 18.1 Å². The van der Waals surface area contributed by atoms with Crippen LogP contribution in [-0.4, -0.2) is 36.9 Å². The van der Waals surface area contributed by atoms with Gasteiger partial charge < -0.3 is 4.74 Å². The Balaban J connectivity index is 1.50. The number of benzene rings is 2. The van der Waals surface area contributed by atoms with Crippen LogP contribution in [0.4, 0.5) is 13.2 Å². The molecule has 0 N–H and O–H groups in total. The van der Waals surface area contributed by atoms with Crippen LogP contribution in [0.15, 0.2) is 65.7 Å². The number of aromatic nitrogens is 1. The first kappa shape index (κ1) is 19.7. The molecule has 5 nitrogen and oxygen atoms in total. The van der Waals surface area contributed by atoms with Crippen molar-refractivity contribution in [1.29, 1.82) is 0 Å². The van der Waals surface area contributed by atoms with E-state index in [1.165, 1.54) is 4.31 Å². The SMILES string of the molecule is O=S(=O)(c1ccc(C(F)(F)F)cc1)N1CCC(Oc2cccc3cccnc23)C1. The molecule has 0 amide bonds. The summed E-state index contributed by atoms with van der Waals surface area (Å²) in [5.41, 5.74) is -0.193. The van der Waals surface area contributed by atoms with E-state index in [1.807, 2.05) is 24.3 Å². The van der Waals surface area contributed by atoms with Crippen LogP contribution >= 0.6 is 0 Å². The molecular formula is C20H17F3N2O3S. The van der Waals surface area contributed by atoms with Gasteiger partial charge in [-0.2, -0.15) is 17.5 Å². The summed E-state index contributed by atoms with van der Waals surface area (Å²) in [5.74, 6) is 0.571. The lowest BCUT2D eigenvalue weighted by molar-refractivity contribution is -0.137. The van der Waals surface area contributed by atoms with Gasteiger partial charge in [0.05, 0.1) is 17.0 Å². The molecule has 3 aromatic rings. The standard InChI is InChI=1S/C20H17F3N2O3S/c21-20(22,23)15-6-8-17(9-7-15)29(26,27)25-12-10-16(13-25)28-18-5-1-3-14-4-2-11-24-19(14)18/h1-9,11,16H,10,12-13H2. The van der Waals surface area contributed by atoms with E-state index in [2.05, 4.69) is 4.98 Å². The summed E-state index contributed by atoms with van der Waals surface area (Å²) < 4.78 is 70.9. The Morgan fingerprint density at radius 2 is 1.76 bits per heavy atom. The van der Waals surface area contributed by atoms with Gasteiger partial charge in [-0.25, -0.2) is 8.42 Å². The number of alkyl halides is 3. The van der Waals surface area contributed by atoms with Gasteiger partial charge in [-0.05, 0) is 42.8 Å². The number of ether oxygens (including phenoxy) is 1. The van der Waals surface area contributed by atoms with Crippen molar-refractivity contribution in [2.45, 2.75) is 23.6 Å². The molecule has 29 heavy (non-hydrogen) atoms. The highest BCUT2D eigenvalue weighted by atomic mass is 32.2. The molecule has 1 aliphatic rings. The summed E-state index contributed by atoms with van der Waals surface area (Å²) in [4.78, 5) is 4.15. The van der Waals surface area contributed by atoms with Gasteiger partial charge in [0.25, 0.3) is 0 Å². The van der Waals surface area contributed by atoms with Gasteiger partial charge in [0.1, 0.15) is 17.4 Å². The number of hydrogen-bond acceptors (Lipinski definition) is 4. The Bertz CT molecular complexity index is 1130. The molecule has 1 aliphatic heterocycles. The summed E-state index contributed by atoms with van der Waals surface area (Å²) in [5, 5.41) is 0.914. The summed E-state index contributed by atoms with van der Waals surface area (Å²) in [6, 6.07) is 12.8. The van der Waals surface area contributed by atoms with Crippen LogP contribution in [0.3, 0.4) is 0 Å². The smallest absolute Gasteiger partial charge is 0.416 e. The summed E-state index contributed by atoms with van der Waals surface area (Å²) >= 11 is 0. The minimum atomic E-state index is -4.51. The monoisotopic (exact) mass is 422 g/mol. The van der Waals surface area contributed by atoms with Crippen molar-refractivity contribution in [3.8, 4) is 5.75 Å². The van der Waals surface area contributed by atoms with Crippen LogP contribution in [0.2, 0.25) is 0 Å². The minimum absolute atomic E-state index is 0.118. The number of halogens is 3. The van der Waals surface area contributed by atoms with Crippen LogP contribution < -0.4 is 4.74 Å². The lowest BCUT2D eigenvalue weighted by Gasteiger charge is -2.18. The first-order valence-electron chi connectivity index (χ1n) is 8.93. The third-order valence-corrected chi connectivity index (χ3v) is 6.70. The van der Waals surface area contributed by atoms with Crippen LogP contribution in [0, 0.1) is 0 Å². The maximum absolute atomic E-state index is 12.8. The van der Waals surface area contributed by atoms with Crippen molar-refractivity contribution in [3.63, 3.8) is 0 Å². The van der Waals surface area contributed by atoms with Gasteiger partial charge in [0.15, 0.2) is 0 Å². The highest BCUT2D eigenvalue weighted by Crippen LogP contribution is 2.31. The molecule has 1 unspecified atom stereocenters. The summed E-state index contributed by atoms with van der Waals surface area (Å²) in [6.45, 7) is 0.346. The Morgan fingerprint density at radius 3 is 2.48 bits per heavy atom. The Hall–Kier alpha value is -2.65. The number of pyridine rings is 1. The molecule has 1 atom stereocenters. The number of fused-ring (bicyclic) bond motifs is 1. The second kappa shape index (κ2) is 7.31.